The molecule has 2 N–H and O–H groups in total. The van der Waals surface area contributed by atoms with Crippen LogP contribution in [0.3, 0.4) is 0 Å². The first-order valence-corrected chi connectivity index (χ1v) is 2.63. The molecule has 0 aromatic rings. The maximum Gasteiger partial charge on any atom is 0.107 e. The summed E-state index contributed by atoms with van der Waals surface area (Å²) in [6.07, 6.45) is 5.80. The molecule has 0 atom stereocenters. The minimum Gasteiger partial charge on any atom is -0.369 e. The van der Waals surface area contributed by atoms with Gasteiger partial charge in [-0.3, -0.25) is 0 Å². The Morgan fingerprint density at radius 2 is 2.22 bits per heavy atom. The number of terminal acetylenes is 1. The van der Waals surface area contributed by atoms with E-state index >= 15 is 0 Å². The molecule has 0 heterocycles. The molecule has 0 saturated carbocycles. The zero-order valence-electron chi connectivity index (χ0n) is 5.30. The van der Waals surface area contributed by atoms with Gasteiger partial charge in [0.05, 0.1) is 0 Å². The van der Waals surface area contributed by atoms with E-state index in [0.29, 0.717) is 19.8 Å². The third-order valence-electron chi connectivity index (χ3n) is 0.678. The van der Waals surface area contributed by atoms with Crippen LogP contribution in [0.5, 0.6) is 0 Å². The molecule has 0 aromatic carbocycles. The summed E-state index contributed by atoms with van der Waals surface area (Å²) in [6.45, 7) is 1.76. The largest absolute Gasteiger partial charge is 0.369 e. The van der Waals surface area contributed by atoms with E-state index in [4.69, 9.17) is 16.9 Å². The van der Waals surface area contributed by atoms with Crippen molar-refractivity contribution >= 4 is 12.4 Å². The van der Waals surface area contributed by atoms with Gasteiger partial charge in [-0.15, -0.1) is 18.8 Å². The quantitative estimate of drug-likeness (QED) is 0.464. The van der Waals surface area contributed by atoms with E-state index < -0.39 is 0 Å². The van der Waals surface area contributed by atoms with Crippen molar-refractivity contribution in [3.63, 3.8) is 0 Å². The Bertz CT molecular complexity index is 79.6. The molecule has 0 aliphatic carbocycles. The molecule has 0 radical (unpaired) electrons. The topological polar surface area (TPSA) is 35.2 Å². The lowest BCUT2D eigenvalue weighted by atomic mass is 10.5. The van der Waals surface area contributed by atoms with Crippen LogP contribution in [-0.4, -0.2) is 19.8 Å². The second kappa shape index (κ2) is 10.7. The van der Waals surface area contributed by atoms with Crippen molar-refractivity contribution in [2.45, 2.75) is 6.42 Å². The Hall–Kier alpha value is -0.230. The van der Waals surface area contributed by atoms with Crippen LogP contribution in [-0.2, 0) is 4.74 Å². The molecule has 2 nitrogen and oxygen atoms in total. The molecular weight excluding hydrogens is 138 g/mol. The number of nitrogens with two attached hydrogens (primary N) is 1. The molecule has 0 amide bonds. The summed E-state index contributed by atoms with van der Waals surface area (Å²) >= 11 is 0. The summed E-state index contributed by atoms with van der Waals surface area (Å²) < 4.78 is 4.91. The van der Waals surface area contributed by atoms with Crippen LogP contribution in [0.25, 0.3) is 0 Å². The van der Waals surface area contributed by atoms with Gasteiger partial charge >= 0.3 is 0 Å². The summed E-state index contributed by atoms with van der Waals surface area (Å²) in [5, 5.41) is 0. The van der Waals surface area contributed by atoms with Crippen molar-refractivity contribution in [1.82, 2.24) is 0 Å². The van der Waals surface area contributed by atoms with E-state index in [2.05, 4.69) is 5.92 Å². The lowest BCUT2D eigenvalue weighted by molar-refractivity contribution is 0.166. The van der Waals surface area contributed by atoms with Gasteiger partial charge in [-0.2, -0.15) is 0 Å². The number of ether oxygens (including phenoxy) is 1. The Labute approximate surface area is 62.2 Å². The maximum absolute atomic E-state index is 5.18. The van der Waals surface area contributed by atoms with Crippen molar-refractivity contribution in [3.8, 4) is 12.3 Å². The van der Waals surface area contributed by atoms with Gasteiger partial charge in [0.25, 0.3) is 0 Å². The average molecular weight is 150 g/mol. The smallest absolute Gasteiger partial charge is 0.107 e. The number of hydrogen-bond donors (Lipinski definition) is 1. The van der Waals surface area contributed by atoms with Crippen LogP contribution >= 0.6 is 12.4 Å². The second-order valence-corrected chi connectivity index (χ2v) is 1.40. The zero-order chi connectivity index (χ0) is 6.24. The zero-order valence-corrected chi connectivity index (χ0v) is 6.12. The van der Waals surface area contributed by atoms with Gasteiger partial charge in [0.15, 0.2) is 0 Å². The first-order chi connectivity index (χ1) is 3.91. The third kappa shape index (κ3) is 11.4. The maximum atomic E-state index is 5.18. The van der Waals surface area contributed by atoms with Gasteiger partial charge in [0.1, 0.15) is 6.61 Å². The number of rotatable bonds is 4. The molecule has 0 saturated heterocycles. The van der Waals surface area contributed by atoms with Crippen LogP contribution in [0.2, 0.25) is 0 Å². The van der Waals surface area contributed by atoms with E-state index in [1.54, 1.807) is 0 Å². The van der Waals surface area contributed by atoms with Gasteiger partial charge in [-0.05, 0) is 13.0 Å². The van der Waals surface area contributed by atoms with Gasteiger partial charge in [0, 0.05) is 6.61 Å². The van der Waals surface area contributed by atoms with Gasteiger partial charge < -0.3 is 10.5 Å². The molecule has 0 fully saturated rings. The average Bonchev–Trinajstić information content (AvgIpc) is 1.81. The second-order valence-electron chi connectivity index (χ2n) is 1.40. The molecule has 0 aromatic heterocycles. The van der Waals surface area contributed by atoms with Crippen LogP contribution in [0.4, 0.5) is 0 Å². The van der Waals surface area contributed by atoms with Gasteiger partial charge in [-0.1, -0.05) is 5.92 Å². The van der Waals surface area contributed by atoms with Crippen LogP contribution in [0, 0.1) is 12.3 Å². The Balaban J connectivity index is 0. The van der Waals surface area contributed by atoms with E-state index in [-0.39, 0.29) is 12.4 Å². The number of halogens is 1. The highest BCUT2D eigenvalue weighted by atomic mass is 35.5. The van der Waals surface area contributed by atoms with Crippen LogP contribution in [0.15, 0.2) is 0 Å². The highest BCUT2D eigenvalue weighted by Crippen LogP contribution is 1.76. The fourth-order valence-corrected chi connectivity index (χ4v) is 0.316. The summed E-state index contributed by atoms with van der Waals surface area (Å²) in [5.41, 5.74) is 5.18. The van der Waals surface area contributed by atoms with Crippen molar-refractivity contribution in [2.75, 3.05) is 19.8 Å². The molecular formula is C6H12ClNO. The fourth-order valence-electron chi connectivity index (χ4n) is 0.316. The molecule has 0 rings (SSSR count). The summed E-state index contributed by atoms with van der Waals surface area (Å²) in [5.74, 6) is 2.36. The highest BCUT2D eigenvalue weighted by Gasteiger charge is 1.80. The fraction of sp³-hybridized carbons (Fsp3) is 0.667. The van der Waals surface area contributed by atoms with Crippen LogP contribution in [0.1, 0.15) is 6.42 Å². The predicted molar refractivity (Wildman–Crippen MR) is 40.6 cm³/mol. The van der Waals surface area contributed by atoms with Gasteiger partial charge in [-0.25, -0.2) is 0 Å². The van der Waals surface area contributed by atoms with E-state index in [0.717, 1.165) is 6.42 Å². The predicted octanol–water partition coefficient (Wildman–Crippen LogP) is 0.407. The monoisotopic (exact) mass is 149 g/mol. The Morgan fingerprint density at radius 1 is 1.56 bits per heavy atom. The Morgan fingerprint density at radius 3 is 2.67 bits per heavy atom. The summed E-state index contributed by atoms with van der Waals surface area (Å²) in [4.78, 5) is 0. The lowest BCUT2D eigenvalue weighted by Crippen LogP contribution is -2.04. The molecule has 0 bridgehead atoms. The standard InChI is InChI=1S/C6H11NO.ClH/c1-2-5-8-6-3-4-7;/h1H,3-7H2;1H. The molecule has 54 valence electrons. The minimum atomic E-state index is 0. The lowest BCUT2D eigenvalue weighted by Gasteiger charge is -1.94. The van der Waals surface area contributed by atoms with Crippen LogP contribution < -0.4 is 5.73 Å². The number of hydrogen-bond acceptors (Lipinski definition) is 2. The highest BCUT2D eigenvalue weighted by molar-refractivity contribution is 5.85. The van der Waals surface area contributed by atoms with Crippen molar-refractivity contribution in [1.29, 1.82) is 0 Å². The van der Waals surface area contributed by atoms with Crippen molar-refractivity contribution < 1.29 is 4.74 Å². The van der Waals surface area contributed by atoms with E-state index in [9.17, 15) is 0 Å². The van der Waals surface area contributed by atoms with Crippen molar-refractivity contribution in [3.05, 3.63) is 0 Å². The molecule has 0 aliphatic heterocycles. The SMILES string of the molecule is C#CCOCCCN.Cl. The minimum absolute atomic E-state index is 0. The first-order valence-electron chi connectivity index (χ1n) is 2.63. The van der Waals surface area contributed by atoms with Crippen molar-refractivity contribution in [2.24, 2.45) is 5.73 Å². The molecule has 3 heteroatoms. The summed E-state index contributed by atoms with van der Waals surface area (Å²) in [6, 6.07) is 0. The molecule has 0 spiro atoms. The third-order valence-corrected chi connectivity index (χ3v) is 0.678. The molecule has 9 heavy (non-hydrogen) atoms. The molecule has 0 unspecified atom stereocenters. The molecule has 0 aliphatic rings. The van der Waals surface area contributed by atoms with E-state index in [1.807, 2.05) is 0 Å². The summed E-state index contributed by atoms with van der Waals surface area (Å²) in [7, 11) is 0. The Kier molecular flexibility index (Phi) is 13.7. The van der Waals surface area contributed by atoms with E-state index in [1.165, 1.54) is 0 Å². The first kappa shape index (κ1) is 11.6. The van der Waals surface area contributed by atoms with Gasteiger partial charge in [0.2, 0.25) is 0 Å². The normalized spacial score (nSPS) is 7.56.